The largest absolute Gasteiger partial charge is 0.364 e. The number of nitrogens with one attached hydrogen (secondary N) is 1. The van der Waals surface area contributed by atoms with E-state index in [0.717, 1.165) is 23.7 Å². The molecule has 1 N–H and O–H groups in total. The lowest BCUT2D eigenvalue weighted by Crippen LogP contribution is -2.25. The number of anilines is 1. The third-order valence-corrected chi connectivity index (χ3v) is 3.19. The molecule has 0 amide bonds. The Morgan fingerprint density at radius 3 is 3.06 bits per heavy atom. The molecule has 3 rings (SSSR count). The van der Waals surface area contributed by atoms with Crippen molar-refractivity contribution in [1.82, 2.24) is 15.0 Å². The summed E-state index contributed by atoms with van der Waals surface area (Å²) in [5.74, 6) is 0.701. The summed E-state index contributed by atoms with van der Waals surface area (Å²) in [6, 6.07) is 1.72. The Bertz CT molecular complexity index is 525. The highest BCUT2D eigenvalue weighted by atomic mass is 19.1. The lowest BCUT2D eigenvalue weighted by molar-refractivity contribution is 0.323. The molecule has 0 aliphatic heterocycles. The topological polar surface area (TPSA) is 50.7 Å². The fraction of sp³-hybridized carbons (Fsp3) is 0.417. The van der Waals surface area contributed by atoms with E-state index in [-0.39, 0.29) is 6.04 Å². The van der Waals surface area contributed by atoms with Crippen molar-refractivity contribution in [3.05, 3.63) is 24.8 Å². The van der Waals surface area contributed by atoms with Gasteiger partial charge in [0, 0.05) is 11.6 Å². The number of alkyl halides is 1. The second-order valence-corrected chi connectivity index (χ2v) is 4.31. The van der Waals surface area contributed by atoms with E-state index in [1.165, 1.54) is 6.33 Å². The van der Waals surface area contributed by atoms with Crippen LogP contribution in [-0.4, -0.2) is 27.2 Å². The van der Waals surface area contributed by atoms with Crippen molar-refractivity contribution in [3.8, 4) is 0 Å². The average Bonchev–Trinajstić information content (AvgIpc) is 2.76. The van der Waals surface area contributed by atoms with Gasteiger partial charge in [-0.15, -0.1) is 0 Å². The summed E-state index contributed by atoms with van der Waals surface area (Å²) in [4.78, 5) is 12.3. The zero-order valence-electron chi connectivity index (χ0n) is 9.31. The van der Waals surface area contributed by atoms with Crippen molar-refractivity contribution in [2.24, 2.45) is 0 Å². The third kappa shape index (κ3) is 1.92. The van der Waals surface area contributed by atoms with Crippen LogP contribution < -0.4 is 5.32 Å². The molecular formula is C12H13FN4. The molecule has 2 aromatic rings. The quantitative estimate of drug-likeness (QED) is 0.863. The number of hydrogen-bond acceptors (Lipinski definition) is 4. The molecule has 2 atom stereocenters. The average molecular weight is 232 g/mol. The molecule has 0 radical (unpaired) electrons. The Kier molecular flexibility index (Phi) is 2.59. The standard InChI is InChI=1S/C12H13FN4/c13-9-2-1-3-10(9)17-12-8-4-5-14-6-11(8)15-7-16-12/h4-7,9-10H,1-3H2,(H,15,16,17)/t9-,10-/m1/s1. The second-order valence-electron chi connectivity index (χ2n) is 4.31. The van der Waals surface area contributed by atoms with Crippen LogP contribution in [0.1, 0.15) is 19.3 Å². The fourth-order valence-electron chi connectivity index (χ4n) is 2.28. The lowest BCUT2D eigenvalue weighted by Gasteiger charge is -2.16. The number of hydrogen-bond donors (Lipinski definition) is 1. The molecule has 88 valence electrons. The number of pyridine rings is 1. The van der Waals surface area contributed by atoms with E-state index in [9.17, 15) is 4.39 Å². The molecular weight excluding hydrogens is 219 g/mol. The molecule has 0 aromatic carbocycles. The van der Waals surface area contributed by atoms with E-state index in [0.29, 0.717) is 12.2 Å². The second kappa shape index (κ2) is 4.24. The van der Waals surface area contributed by atoms with Gasteiger partial charge in [-0.1, -0.05) is 0 Å². The van der Waals surface area contributed by atoms with E-state index in [4.69, 9.17) is 0 Å². The van der Waals surface area contributed by atoms with Crippen molar-refractivity contribution in [2.45, 2.75) is 31.5 Å². The number of nitrogens with zero attached hydrogens (tertiary/aromatic N) is 3. The zero-order chi connectivity index (χ0) is 11.7. The minimum Gasteiger partial charge on any atom is -0.364 e. The maximum atomic E-state index is 13.6. The third-order valence-electron chi connectivity index (χ3n) is 3.19. The van der Waals surface area contributed by atoms with Gasteiger partial charge in [-0.25, -0.2) is 14.4 Å². The summed E-state index contributed by atoms with van der Waals surface area (Å²) in [7, 11) is 0. The summed E-state index contributed by atoms with van der Waals surface area (Å²) >= 11 is 0. The van der Waals surface area contributed by atoms with Crippen LogP contribution in [0, 0.1) is 0 Å². The van der Waals surface area contributed by atoms with Crippen LogP contribution in [-0.2, 0) is 0 Å². The summed E-state index contributed by atoms with van der Waals surface area (Å²) < 4.78 is 13.6. The molecule has 0 spiro atoms. The SMILES string of the molecule is F[C@@H]1CCC[C@H]1Nc1ncnc2cnccc12. The highest BCUT2D eigenvalue weighted by molar-refractivity contribution is 5.88. The fourth-order valence-corrected chi connectivity index (χ4v) is 2.28. The number of fused-ring (bicyclic) bond motifs is 1. The molecule has 2 heterocycles. The van der Waals surface area contributed by atoms with Crippen LogP contribution >= 0.6 is 0 Å². The summed E-state index contributed by atoms with van der Waals surface area (Å²) in [6.45, 7) is 0. The van der Waals surface area contributed by atoms with E-state index in [1.54, 1.807) is 12.4 Å². The van der Waals surface area contributed by atoms with Crippen molar-refractivity contribution < 1.29 is 4.39 Å². The van der Waals surface area contributed by atoms with Crippen LogP contribution in [0.5, 0.6) is 0 Å². The molecule has 0 saturated heterocycles. The van der Waals surface area contributed by atoms with E-state index in [1.807, 2.05) is 6.07 Å². The summed E-state index contributed by atoms with van der Waals surface area (Å²) in [5, 5.41) is 4.07. The minimum atomic E-state index is -0.776. The van der Waals surface area contributed by atoms with Gasteiger partial charge in [0.05, 0.1) is 17.8 Å². The van der Waals surface area contributed by atoms with Crippen LogP contribution in [0.2, 0.25) is 0 Å². The first-order valence-corrected chi connectivity index (χ1v) is 5.80. The first-order valence-electron chi connectivity index (χ1n) is 5.80. The van der Waals surface area contributed by atoms with Gasteiger partial charge >= 0.3 is 0 Å². The summed E-state index contributed by atoms with van der Waals surface area (Å²) in [5.41, 5.74) is 0.776. The first-order chi connectivity index (χ1) is 8.34. The Hall–Kier alpha value is -1.78. The van der Waals surface area contributed by atoms with Crippen LogP contribution in [0.15, 0.2) is 24.8 Å². The number of aromatic nitrogens is 3. The predicted molar refractivity (Wildman–Crippen MR) is 63.5 cm³/mol. The normalized spacial score (nSPS) is 24.1. The zero-order valence-corrected chi connectivity index (χ0v) is 9.31. The molecule has 0 bridgehead atoms. The summed E-state index contributed by atoms with van der Waals surface area (Å²) in [6.07, 6.45) is 6.52. The number of rotatable bonds is 2. The molecule has 1 aliphatic rings. The molecule has 2 aromatic heterocycles. The van der Waals surface area contributed by atoms with Gasteiger partial charge in [0.15, 0.2) is 0 Å². The Labute approximate surface area is 98.3 Å². The highest BCUT2D eigenvalue weighted by Gasteiger charge is 2.27. The molecule has 17 heavy (non-hydrogen) atoms. The van der Waals surface area contributed by atoms with Gasteiger partial charge in [-0.2, -0.15) is 0 Å². The Morgan fingerprint density at radius 2 is 2.24 bits per heavy atom. The van der Waals surface area contributed by atoms with Gasteiger partial charge in [0.2, 0.25) is 0 Å². The molecule has 1 aliphatic carbocycles. The molecule has 4 nitrogen and oxygen atoms in total. The predicted octanol–water partition coefficient (Wildman–Crippen LogP) is 2.33. The van der Waals surface area contributed by atoms with Gasteiger partial charge in [0.1, 0.15) is 18.3 Å². The maximum absolute atomic E-state index is 13.6. The van der Waals surface area contributed by atoms with E-state index in [2.05, 4.69) is 20.3 Å². The molecule has 0 unspecified atom stereocenters. The van der Waals surface area contributed by atoms with Crippen LogP contribution in [0.25, 0.3) is 10.9 Å². The van der Waals surface area contributed by atoms with Crippen molar-refractivity contribution in [3.63, 3.8) is 0 Å². The van der Waals surface area contributed by atoms with Gasteiger partial charge in [0.25, 0.3) is 0 Å². The molecule has 1 fully saturated rings. The Balaban J connectivity index is 1.94. The van der Waals surface area contributed by atoms with Gasteiger partial charge in [-0.05, 0) is 25.3 Å². The van der Waals surface area contributed by atoms with Crippen molar-refractivity contribution >= 4 is 16.7 Å². The van der Waals surface area contributed by atoms with E-state index < -0.39 is 6.17 Å². The lowest BCUT2D eigenvalue weighted by atomic mass is 10.2. The monoisotopic (exact) mass is 232 g/mol. The van der Waals surface area contributed by atoms with Crippen LogP contribution in [0.4, 0.5) is 10.2 Å². The highest BCUT2D eigenvalue weighted by Crippen LogP contribution is 2.27. The minimum absolute atomic E-state index is 0.124. The number of halogens is 1. The maximum Gasteiger partial charge on any atom is 0.137 e. The van der Waals surface area contributed by atoms with E-state index >= 15 is 0 Å². The Morgan fingerprint density at radius 1 is 1.29 bits per heavy atom. The van der Waals surface area contributed by atoms with Crippen LogP contribution in [0.3, 0.4) is 0 Å². The molecule has 5 heteroatoms. The first kappa shape index (κ1) is 10.4. The van der Waals surface area contributed by atoms with Gasteiger partial charge in [-0.3, -0.25) is 4.98 Å². The van der Waals surface area contributed by atoms with Crippen molar-refractivity contribution in [1.29, 1.82) is 0 Å². The molecule has 1 saturated carbocycles. The van der Waals surface area contributed by atoms with Gasteiger partial charge < -0.3 is 5.32 Å². The smallest absolute Gasteiger partial charge is 0.137 e. The van der Waals surface area contributed by atoms with Crippen molar-refractivity contribution in [2.75, 3.05) is 5.32 Å².